The molecule has 0 heterocycles. The predicted molar refractivity (Wildman–Crippen MR) is 132 cm³/mol. The van der Waals surface area contributed by atoms with Crippen molar-refractivity contribution >= 4 is 28.7 Å². The summed E-state index contributed by atoms with van der Waals surface area (Å²) in [5.41, 5.74) is 2.91. The molecule has 30 heavy (non-hydrogen) atoms. The minimum atomic E-state index is -1.03. The molecule has 0 saturated heterocycles. The van der Waals surface area contributed by atoms with Crippen molar-refractivity contribution in [2.24, 2.45) is 0 Å². The van der Waals surface area contributed by atoms with Gasteiger partial charge in [-0.25, -0.2) is 0 Å². The lowest BCUT2D eigenvalue weighted by atomic mass is 10.1. The topological polar surface area (TPSA) is 0 Å². The first-order valence-corrected chi connectivity index (χ1v) is 13.3. The second kappa shape index (κ2) is 9.88. The molecule has 0 nitrogen and oxygen atoms in total. The normalized spacial score (nSPS) is 13.1. The van der Waals surface area contributed by atoms with Crippen LogP contribution in [0.25, 0.3) is 0 Å². The number of hydrogen-bond acceptors (Lipinski definition) is 0. The largest absolute Gasteiger partial charge is 0.128 e. The third kappa shape index (κ3) is 4.72. The van der Waals surface area contributed by atoms with Gasteiger partial charge in [-0.2, -0.15) is 0 Å². The Morgan fingerprint density at radius 2 is 1.03 bits per heavy atom. The molecule has 0 fully saturated rings. The first kappa shape index (κ1) is 20.6. The van der Waals surface area contributed by atoms with Crippen LogP contribution >= 0.6 is 0 Å². The van der Waals surface area contributed by atoms with E-state index >= 15 is 0 Å². The van der Waals surface area contributed by atoms with Crippen LogP contribution in [-0.2, 0) is 11.1 Å². The van der Waals surface area contributed by atoms with E-state index in [1.165, 1.54) is 27.5 Å². The molecule has 4 aromatic carbocycles. The third-order valence-electron chi connectivity index (χ3n) is 5.71. The zero-order valence-corrected chi connectivity index (χ0v) is 19.5. The summed E-state index contributed by atoms with van der Waals surface area (Å²) in [6.07, 6.45) is 1.14. The quantitative estimate of drug-likeness (QED) is 0.348. The Kier molecular flexibility index (Phi) is 6.78. The Bertz CT molecular complexity index is 978. The first-order valence-electron chi connectivity index (χ1n) is 10.6. The summed E-state index contributed by atoms with van der Waals surface area (Å²) in [5, 5.41) is 2.99. The molecular formula is C28H27Si2. The number of hydrogen-bond donors (Lipinski definition) is 0. The Morgan fingerprint density at radius 1 is 0.600 bits per heavy atom. The standard InChI is InChI=1S/C28H27Si2/c1-28(25-16-8-3-9-17-25,29-23-22-24-14-6-2-7-15-24)30(26-18-10-4-11-19-26)27-20-12-5-13-21-27/h2-21H,22-23H2,1H3. The highest BCUT2D eigenvalue weighted by Gasteiger charge is 2.39. The van der Waals surface area contributed by atoms with Crippen molar-refractivity contribution in [1.29, 1.82) is 0 Å². The fourth-order valence-corrected chi connectivity index (χ4v) is 10.4. The van der Waals surface area contributed by atoms with Crippen molar-refractivity contribution in [2.75, 3.05) is 0 Å². The molecule has 147 valence electrons. The summed E-state index contributed by atoms with van der Waals surface area (Å²) in [4.78, 5) is 0. The molecule has 4 aromatic rings. The van der Waals surface area contributed by atoms with Crippen LogP contribution in [0.3, 0.4) is 0 Å². The van der Waals surface area contributed by atoms with Gasteiger partial charge in [0.2, 0.25) is 0 Å². The minimum Gasteiger partial charge on any atom is -0.0628 e. The first-order chi connectivity index (χ1) is 14.8. The molecule has 0 spiro atoms. The molecule has 3 radical (unpaired) electrons. The van der Waals surface area contributed by atoms with Crippen molar-refractivity contribution in [3.05, 3.63) is 132 Å². The molecule has 4 rings (SSSR count). The molecule has 0 aliphatic carbocycles. The summed E-state index contributed by atoms with van der Waals surface area (Å²) >= 11 is 0. The van der Waals surface area contributed by atoms with E-state index in [9.17, 15) is 0 Å². The van der Waals surface area contributed by atoms with Gasteiger partial charge < -0.3 is 0 Å². The third-order valence-corrected chi connectivity index (χ3v) is 11.6. The average Bonchev–Trinajstić information content (AvgIpc) is 2.82. The molecule has 0 amide bonds. The SMILES string of the molecule is CC([Si]CCc1ccccc1)(c1ccccc1)[Si](c1ccccc1)c1ccccc1. The number of rotatable bonds is 8. The molecule has 0 saturated carbocycles. The highest BCUT2D eigenvalue weighted by molar-refractivity contribution is 6.93. The van der Waals surface area contributed by atoms with Gasteiger partial charge in [-0.3, -0.25) is 0 Å². The zero-order valence-electron chi connectivity index (χ0n) is 17.5. The average molecular weight is 420 g/mol. The molecule has 0 aliphatic rings. The monoisotopic (exact) mass is 419 g/mol. The van der Waals surface area contributed by atoms with E-state index in [-0.39, 0.29) is 4.66 Å². The molecule has 2 heteroatoms. The van der Waals surface area contributed by atoms with Crippen molar-refractivity contribution in [3.63, 3.8) is 0 Å². The van der Waals surface area contributed by atoms with Gasteiger partial charge in [0.05, 0.1) is 0 Å². The Balaban J connectivity index is 1.74. The van der Waals surface area contributed by atoms with Gasteiger partial charge in [-0.1, -0.05) is 145 Å². The molecule has 0 aliphatic heterocycles. The molecule has 1 unspecified atom stereocenters. The van der Waals surface area contributed by atoms with Crippen LogP contribution in [0.1, 0.15) is 18.1 Å². The second-order valence-electron chi connectivity index (χ2n) is 7.76. The van der Waals surface area contributed by atoms with Crippen molar-refractivity contribution in [1.82, 2.24) is 0 Å². The van der Waals surface area contributed by atoms with Gasteiger partial charge in [-0.05, 0) is 22.2 Å². The number of benzene rings is 4. The Labute approximate surface area is 185 Å². The number of aryl methyl sites for hydroxylation is 1. The lowest BCUT2D eigenvalue weighted by Crippen LogP contribution is -2.60. The van der Waals surface area contributed by atoms with Gasteiger partial charge in [0, 0.05) is 9.52 Å². The van der Waals surface area contributed by atoms with E-state index in [0.717, 1.165) is 15.9 Å². The van der Waals surface area contributed by atoms with Crippen molar-refractivity contribution < 1.29 is 0 Å². The van der Waals surface area contributed by atoms with Crippen LogP contribution < -0.4 is 10.4 Å². The van der Waals surface area contributed by atoms with Crippen molar-refractivity contribution in [2.45, 2.75) is 24.1 Å². The van der Waals surface area contributed by atoms with Crippen LogP contribution in [0.15, 0.2) is 121 Å². The fourth-order valence-electron chi connectivity index (χ4n) is 4.16. The molecule has 0 bridgehead atoms. The predicted octanol–water partition coefficient (Wildman–Crippen LogP) is 5.12. The van der Waals surface area contributed by atoms with E-state index in [4.69, 9.17) is 0 Å². The van der Waals surface area contributed by atoms with E-state index in [0.29, 0.717) is 0 Å². The summed E-state index contributed by atoms with van der Waals surface area (Å²) in [7, 11) is -0.175. The van der Waals surface area contributed by atoms with Crippen LogP contribution in [0.2, 0.25) is 6.04 Å². The summed E-state index contributed by atoms with van der Waals surface area (Å²) < 4.78 is 0.128. The lowest BCUT2D eigenvalue weighted by molar-refractivity contribution is 0.915. The molecule has 0 N–H and O–H groups in total. The Hall–Kier alpha value is -2.69. The van der Waals surface area contributed by atoms with Crippen LogP contribution in [0.5, 0.6) is 0 Å². The maximum Gasteiger partial charge on any atom is 0.128 e. The highest BCUT2D eigenvalue weighted by atomic mass is 28.3. The second-order valence-corrected chi connectivity index (χ2v) is 13.0. The van der Waals surface area contributed by atoms with E-state index in [1.807, 2.05) is 0 Å². The van der Waals surface area contributed by atoms with E-state index in [1.54, 1.807) is 0 Å². The van der Waals surface area contributed by atoms with Crippen LogP contribution in [0, 0.1) is 0 Å². The van der Waals surface area contributed by atoms with E-state index in [2.05, 4.69) is 128 Å². The summed E-state index contributed by atoms with van der Waals surface area (Å²) in [6.45, 7) is 2.51. The van der Waals surface area contributed by atoms with Crippen LogP contribution in [0.4, 0.5) is 0 Å². The molecular weight excluding hydrogens is 392 g/mol. The maximum atomic E-state index is 2.51. The lowest BCUT2D eigenvalue weighted by Gasteiger charge is -2.38. The van der Waals surface area contributed by atoms with Gasteiger partial charge in [0.15, 0.2) is 0 Å². The minimum absolute atomic E-state index is 0.128. The van der Waals surface area contributed by atoms with Gasteiger partial charge in [0.25, 0.3) is 0 Å². The van der Waals surface area contributed by atoms with Gasteiger partial charge in [-0.15, -0.1) is 0 Å². The summed E-state index contributed by atoms with van der Waals surface area (Å²) in [6, 6.07) is 45.7. The maximum absolute atomic E-state index is 2.51. The highest BCUT2D eigenvalue weighted by Crippen LogP contribution is 2.28. The fraction of sp³-hybridized carbons (Fsp3) is 0.143. The molecule has 0 aromatic heterocycles. The smallest absolute Gasteiger partial charge is 0.0628 e. The van der Waals surface area contributed by atoms with E-state index < -0.39 is 8.80 Å². The zero-order chi connectivity index (χ0) is 20.7. The summed E-state index contributed by atoms with van der Waals surface area (Å²) in [5.74, 6) is 0. The van der Waals surface area contributed by atoms with Crippen molar-refractivity contribution in [3.8, 4) is 0 Å². The van der Waals surface area contributed by atoms with Gasteiger partial charge >= 0.3 is 0 Å². The van der Waals surface area contributed by atoms with Gasteiger partial charge in [0.1, 0.15) is 8.80 Å². The van der Waals surface area contributed by atoms with Crippen LogP contribution in [-0.4, -0.2) is 18.3 Å². The Morgan fingerprint density at radius 3 is 1.53 bits per heavy atom. The molecule has 1 atom stereocenters.